The van der Waals surface area contributed by atoms with Crippen LogP contribution < -0.4 is 15.4 Å². The first kappa shape index (κ1) is 31.0. The molecule has 4 saturated carbocycles. The van der Waals surface area contributed by atoms with Gasteiger partial charge in [0, 0.05) is 23.1 Å². The number of nitrogens with zero attached hydrogens (tertiary/aromatic N) is 2. The van der Waals surface area contributed by atoms with Crippen molar-refractivity contribution in [3.8, 4) is 11.8 Å². The van der Waals surface area contributed by atoms with Gasteiger partial charge >= 0.3 is 0 Å². The lowest BCUT2D eigenvalue weighted by Crippen LogP contribution is -2.69. The second-order valence-corrected chi connectivity index (χ2v) is 10.8. The van der Waals surface area contributed by atoms with Gasteiger partial charge in [0.25, 0.3) is 11.8 Å². The summed E-state index contributed by atoms with van der Waals surface area (Å²) in [6, 6.07) is 7.77. The number of hydrogen-bond donors (Lipinski definition) is 2. The van der Waals surface area contributed by atoms with Crippen LogP contribution in [0.5, 0.6) is 5.75 Å². The van der Waals surface area contributed by atoms with E-state index in [4.69, 9.17) is 4.74 Å². The molecule has 4 aliphatic carbocycles. The summed E-state index contributed by atoms with van der Waals surface area (Å²) in [5.41, 5.74) is -0.0733. The van der Waals surface area contributed by atoms with Gasteiger partial charge in [-0.15, -0.1) is 24.8 Å². The van der Waals surface area contributed by atoms with E-state index >= 15 is 0 Å². The molecule has 4 N–H and O–H groups in total. The summed E-state index contributed by atoms with van der Waals surface area (Å²) in [5, 5.41) is 15.9. The van der Waals surface area contributed by atoms with E-state index in [2.05, 4.69) is 10.6 Å². The number of benzene rings is 1. The van der Waals surface area contributed by atoms with Crippen molar-refractivity contribution in [3.63, 3.8) is 0 Å². The first-order valence-electron chi connectivity index (χ1n) is 11.9. The molecule has 1 heterocycles. The summed E-state index contributed by atoms with van der Waals surface area (Å²) in [5.74, 6) is -2.02. The second kappa shape index (κ2) is 11.3. The van der Waals surface area contributed by atoms with Crippen molar-refractivity contribution in [2.45, 2.75) is 68.0 Å². The zero-order chi connectivity index (χ0) is 24.1. The van der Waals surface area contributed by atoms with Crippen LogP contribution in [0.25, 0.3) is 0 Å². The Morgan fingerprint density at radius 2 is 1.68 bits per heavy atom. The fourth-order valence-corrected chi connectivity index (χ4v) is 7.23. The number of rotatable bonds is 6. The number of carbonyl (C=O) groups is 2. The van der Waals surface area contributed by atoms with Crippen molar-refractivity contribution >= 4 is 36.6 Å². The molecule has 4 bridgehead atoms. The Hall–Kier alpha value is -2.19. The van der Waals surface area contributed by atoms with Crippen LogP contribution in [0.2, 0.25) is 0 Å². The van der Waals surface area contributed by atoms with E-state index in [1.54, 1.807) is 31.4 Å². The minimum Gasteiger partial charge on any atom is -0.497 e. The van der Waals surface area contributed by atoms with Crippen molar-refractivity contribution in [1.82, 2.24) is 15.5 Å². The third kappa shape index (κ3) is 6.11. The summed E-state index contributed by atoms with van der Waals surface area (Å²) >= 11 is 0. The highest BCUT2D eigenvalue weighted by Crippen LogP contribution is 2.57. The average Bonchev–Trinajstić information content (AvgIpc) is 3.11. The molecular weight excluding hydrogens is 529 g/mol. The minimum atomic E-state index is -3.02. The van der Waals surface area contributed by atoms with Gasteiger partial charge in [0.1, 0.15) is 11.8 Å². The molecule has 12 heteroatoms. The van der Waals surface area contributed by atoms with Crippen molar-refractivity contribution in [1.29, 1.82) is 5.26 Å². The molecule has 2 unspecified atom stereocenters. The number of hydrogen-bond acceptors (Lipinski definition) is 5. The van der Waals surface area contributed by atoms with E-state index in [1.807, 2.05) is 6.07 Å². The Balaban J connectivity index is 0.00000160. The van der Waals surface area contributed by atoms with Crippen LogP contribution in [-0.2, 0) is 4.79 Å². The highest BCUT2D eigenvalue weighted by Gasteiger charge is 2.58. The molecule has 1 aromatic rings. The molecule has 37 heavy (non-hydrogen) atoms. The predicted molar refractivity (Wildman–Crippen MR) is 137 cm³/mol. The third-order valence-corrected chi connectivity index (χ3v) is 8.15. The standard InChI is InChI=1S/C25H30F2N4O3.2ClH.H2O/c1-34-20-4-2-18(3-5-20)22(33)30-24-9-16-6-17(10-24)8-23(7-16,14-24)29-13-21(32)31-15-25(26,27)11-19(31)12-28;;;/h2-5,16-17,19,29H,6-11,13-15H2,1H3,(H,30,33);2*1H;1H2/t16?,17?,19-,23?,24?;;;/m0.../s1. The monoisotopic (exact) mass is 562 g/mol. The van der Waals surface area contributed by atoms with Crippen LogP contribution in [0, 0.1) is 23.2 Å². The molecule has 206 valence electrons. The molecule has 6 rings (SSSR count). The van der Waals surface area contributed by atoms with Gasteiger partial charge in [-0.1, -0.05) is 0 Å². The molecule has 1 aromatic carbocycles. The maximum absolute atomic E-state index is 13.8. The highest BCUT2D eigenvalue weighted by molar-refractivity contribution is 5.94. The van der Waals surface area contributed by atoms with Crippen LogP contribution >= 0.6 is 24.8 Å². The van der Waals surface area contributed by atoms with Crippen LogP contribution in [0.1, 0.15) is 55.3 Å². The lowest BCUT2D eigenvalue weighted by atomic mass is 9.50. The Bertz CT molecular complexity index is 1020. The van der Waals surface area contributed by atoms with E-state index in [1.165, 1.54) is 0 Å². The Kier molecular flexibility index (Phi) is 9.46. The number of ether oxygens (including phenoxy) is 1. The lowest BCUT2D eigenvalue weighted by molar-refractivity contribution is -0.133. The largest absolute Gasteiger partial charge is 0.497 e. The number of nitriles is 1. The fourth-order valence-electron chi connectivity index (χ4n) is 7.23. The molecular formula is C25H34Cl2F2N4O4. The molecule has 2 amide bonds. The van der Waals surface area contributed by atoms with Gasteiger partial charge in [-0.25, -0.2) is 8.78 Å². The van der Waals surface area contributed by atoms with Crippen molar-refractivity contribution in [2.24, 2.45) is 11.8 Å². The first-order chi connectivity index (χ1) is 16.1. The van der Waals surface area contributed by atoms with Gasteiger partial charge in [-0.05, 0) is 74.6 Å². The van der Waals surface area contributed by atoms with Gasteiger partial charge in [-0.3, -0.25) is 9.59 Å². The summed E-state index contributed by atoms with van der Waals surface area (Å²) in [6.45, 7) is -0.776. The first-order valence-corrected chi connectivity index (χ1v) is 11.9. The van der Waals surface area contributed by atoms with E-state index in [0.717, 1.165) is 37.0 Å². The quantitative estimate of drug-likeness (QED) is 0.551. The molecule has 5 aliphatic rings. The van der Waals surface area contributed by atoms with Gasteiger partial charge in [0.15, 0.2) is 0 Å². The molecule has 1 saturated heterocycles. The van der Waals surface area contributed by atoms with Crippen molar-refractivity contribution < 1.29 is 28.6 Å². The minimum absolute atomic E-state index is 0. The van der Waals surface area contributed by atoms with Gasteiger partial charge < -0.3 is 25.7 Å². The zero-order valence-electron chi connectivity index (χ0n) is 20.6. The number of nitrogens with one attached hydrogen (secondary N) is 2. The Morgan fingerprint density at radius 3 is 2.24 bits per heavy atom. The highest BCUT2D eigenvalue weighted by atomic mass is 35.5. The molecule has 0 spiro atoms. The molecule has 5 fully saturated rings. The number of halogens is 4. The number of amides is 2. The molecule has 0 radical (unpaired) electrons. The molecule has 3 atom stereocenters. The van der Waals surface area contributed by atoms with Crippen LogP contribution in [0.4, 0.5) is 8.78 Å². The Morgan fingerprint density at radius 1 is 1.08 bits per heavy atom. The van der Waals surface area contributed by atoms with Crippen LogP contribution in [0.15, 0.2) is 24.3 Å². The molecule has 0 aromatic heterocycles. The summed E-state index contributed by atoms with van der Waals surface area (Å²) in [6.07, 6.45) is 4.87. The van der Waals surface area contributed by atoms with Crippen molar-refractivity contribution in [3.05, 3.63) is 29.8 Å². The fraction of sp³-hybridized carbons (Fsp3) is 0.640. The SMILES string of the molecule is COc1ccc(C(=O)NC23CC4CC(CC(NCC(=O)N5CC(F)(F)C[C@H]5C#N)(C4)C2)C3)cc1.Cl.Cl.O. The molecule has 8 nitrogen and oxygen atoms in total. The van der Waals surface area contributed by atoms with E-state index in [9.17, 15) is 23.6 Å². The van der Waals surface area contributed by atoms with Crippen LogP contribution in [-0.4, -0.2) is 65.4 Å². The predicted octanol–water partition coefficient (Wildman–Crippen LogP) is 2.88. The second-order valence-electron chi connectivity index (χ2n) is 10.8. The maximum atomic E-state index is 13.8. The van der Waals surface area contributed by atoms with E-state index in [-0.39, 0.29) is 53.8 Å². The Labute approximate surface area is 227 Å². The van der Waals surface area contributed by atoms with Gasteiger partial charge in [0.05, 0.1) is 26.3 Å². The van der Waals surface area contributed by atoms with Gasteiger partial charge in [-0.2, -0.15) is 5.26 Å². The number of carbonyl (C=O) groups excluding carboxylic acids is 2. The summed E-state index contributed by atoms with van der Waals surface area (Å²) < 4.78 is 32.7. The number of methoxy groups -OCH3 is 1. The number of likely N-dealkylation sites (tertiary alicyclic amines) is 1. The summed E-state index contributed by atoms with van der Waals surface area (Å²) in [4.78, 5) is 26.9. The maximum Gasteiger partial charge on any atom is 0.268 e. The van der Waals surface area contributed by atoms with Gasteiger partial charge in [0.2, 0.25) is 5.91 Å². The van der Waals surface area contributed by atoms with Crippen LogP contribution in [0.3, 0.4) is 0 Å². The normalized spacial score (nSPS) is 32.3. The lowest BCUT2D eigenvalue weighted by Gasteiger charge is -2.62. The van der Waals surface area contributed by atoms with E-state index < -0.39 is 30.8 Å². The molecule has 1 aliphatic heterocycles. The van der Waals surface area contributed by atoms with E-state index in [0.29, 0.717) is 29.6 Å². The number of alkyl halides is 2. The van der Waals surface area contributed by atoms with Crippen molar-refractivity contribution in [2.75, 3.05) is 20.2 Å². The average molecular weight is 563 g/mol. The smallest absolute Gasteiger partial charge is 0.268 e. The topological polar surface area (TPSA) is 126 Å². The third-order valence-electron chi connectivity index (χ3n) is 8.15. The summed E-state index contributed by atoms with van der Waals surface area (Å²) in [7, 11) is 1.58. The zero-order valence-corrected chi connectivity index (χ0v) is 22.2.